The number of carbonyl (C=O) groups excluding carboxylic acids is 1. The minimum atomic E-state index is 0.118. The molecule has 0 rings (SSSR count). The molecular weight excluding hydrogens is 212 g/mol. The third kappa shape index (κ3) is 8.19. The molecule has 3 N–H and O–H groups in total. The van der Waals surface area contributed by atoms with E-state index in [9.17, 15) is 4.79 Å². The lowest BCUT2D eigenvalue weighted by Gasteiger charge is -2.32. The Morgan fingerprint density at radius 2 is 1.82 bits per heavy atom. The van der Waals surface area contributed by atoms with E-state index in [0.29, 0.717) is 18.9 Å². The lowest BCUT2D eigenvalue weighted by atomic mass is 9.82. The molecule has 0 radical (unpaired) electrons. The van der Waals surface area contributed by atoms with Gasteiger partial charge in [0, 0.05) is 12.5 Å². The molecule has 1 amide bonds. The smallest absolute Gasteiger partial charge is 0.220 e. The zero-order valence-electron chi connectivity index (χ0n) is 12.2. The van der Waals surface area contributed by atoms with Crippen LogP contribution in [-0.2, 0) is 4.79 Å². The standard InChI is InChI=1S/C14H30N2O/c1-11(2)8-9-12(14(3,4)5)16-13(17)7-6-10-15/h11-12H,6-10,15H2,1-5H3,(H,16,17). The second-order valence-electron chi connectivity index (χ2n) is 6.35. The fourth-order valence-electron chi connectivity index (χ4n) is 1.75. The highest BCUT2D eigenvalue weighted by Gasteiger charge is 2.25. The summed E-state index contributed by atoms with van der Waals surface area (Å²) in [7, 11) is 0. The van der Waals surface area contributed by atoms with Gasteiger partial charge in [0.25, 0.3) is 0 Å². The largest absolute Gasteiger partial charge is 0.353 e. The highest BCUT2D eigenvalue weighted by Crippen LogP contribution is 2.24. The third-order valence-electron chi connectivity index (χ3n) is 3.02. The number of amides is 1. The minimum Gasteiger partial charge on any atom is -0.353 e. The van der Waals surface area contributed by atoms with Crippen LogP contribution in [0.3, 0.4) is 0 Å². The molecule has 0 fully saturated rings. The van der Waals surface area contributed by atoms with Crippen LogP contribution in [0.4, 0.5) is 0 Å². The zero-order valence-corrected chi connectivity index (χ0v) is 12.2. The molecule has 0 aliphatic heterocycles. The first-order chi connectivity index (χ1) is 7.77. The van der Waals surface area contributed by atoms with Crippen molar-refractivity contribution in [2.45, 2.75) is 66.3 Å². The molecule has 0 heterocycles. The maximum atomic E-state index is 11.7. The second kappa shape index (κ2) is 7.70. The van der Waals surface area contributed by atoms with Gasteiger partial charge in [0.15, 0.2) is 0 Å². The molecule has 0 aliphatic carbocycles. The third-order valence-corrected chi connectivity index (χ3v) is 3.02. The molecule has 1 atom stereocenters. The van der Waals surface area contributed by atoms with Crippen molar-refractivity contribution in [1.82, 2.24) is 5.32 Å². The van der Waals surface area contributed by atoms with Gasteiger partial charge in [-0.3, -0.25) is 4.79 Å². The first-order valence-corrected chi connectivity index (χ1v) is 6.76. The van der Waals surface area contributed by atoms with Gasteiger partial charge in [0.2, 0.25) is 5.91 Å². The Hall–Kier alpha value is -0.570. The van der Waals surface area contributed by atoms with Gasteiger partial charge in [-0.2, -0.15) is 0 Å². The molecule has 0 aromatic heterocycles. The second-order valence-corrected chi connectivity index (χ2v) is 6.35. The molecule has 0 saturated carbocycles. The molecule has 1 unspecified atom stereocenters. The number of nitrogens with one attached hydrogen (secondary N) is 1. The van der Waals surface area contributed by atoms with E-state index in [1.807, 2.05) is 0 Å². The van der Waals surface area contributed by atoms with E-state index in [4.69, 9.17) is 5.73 Å². The molecule has 102 valence electrons. The first-order valence-electron chi connectivity index (χ1n) is 6.76. The van der Waals surface area contributed by atoms with Crippen LogP contribution in [0.5, 0.6) is 0 Å². The van der Waals surface area contributed by atoms with Gasteiger partial charge in [-0.25, -0.2) is 0 Å². The van der Waals surface area contributed by atoms with E-state index >= 15 is 0 Å². The monoisotopic (exact) mass is 242 g/mol. The Labute approximate surface area is 107 Å². The normalized spacial score (nSPS) is 13.8. The van der Waals surface area contributed by atoms with Crippen LogP contribution in [0.2, 0.25) is 0 Å². The van der Waals surface area contributed by atoms with Crippen LogP contribution in [0.25, 0.3) is 0 Å². The average molecular weight is 242 g/mol. The molecule has 0 saturated heterocycles. The van der Waals surface area contributed by atoms with Crippen LogP contribution in [0.1, 0.15) is 60.3 Å². The van der Waals surface area contributed by atoms with Gasteiger partial charge in [-0.1, -0.05) is 34.6 Å². The molecule has 0 aromatic carbocycles. The van der Waals surface area contributed by atoms with E-state index in [0.717, 1.165) is 19.3 Å². The van der Waals surface area contributed by atoms with Crippen LogP contribution in [0.15, 0.2) is 0 Å². The maximum absolute atomic E-state index is 11.7. The van der Waals surface area contributed by atoms with E-state index in [1.165, 1.54) is 0 Å². The summed E-state index contributed by atoms with van der Waals surface area (Å²) in [5.74, 6) is 0.819. The molecule has 0 aliphatic rings. The number of carbonyl (C=O) groups is 1. The number of hydrogen-bond acceptors (Lipinski definition) is 2. The van der Waals surface area contributed by atoms with Crippen LogP contribution in [0, 0.1) is 11.3 Å². The molecular formula is C14H30N2O. The van der Waals surface area contributed by atoms with E-state index in [1.54, 1.807) is 0 Å². The van der Waals surface area contributed by atoms with E-state index in [2.05, 4.69) is 39.9 Å². The molecule has 0 bridgehead atoms. The fraction of sp³-hybridized carbons (Fsp3) is 0.929. The van der Waals surface area contributed by atoms with Gasteiger partial charge in [0.05, 0.1) is 0 Å². The van der Waals surface area contributed by atoms with Gasteiger partial charge in [0.1, 0.15) is 0 Å². The predicted octanol–water partition coefficient (Wildman–Crippen LogP) is 2.69. The first kappa shape index (κ1) is 16.4. The zero-order chi connectivity index (χ0) is 13.5. The van der Waals surface area contributed by atoms with Gasteiger partial charge < -0.3 is 11.1 Å². The lowest BCUT2D eigenvalue weighted by molar-refractivity contribution is -0.122. The van der Waals surface area contributed by atoms with Crippen molar-refractivity contribution in [3.8, 4) is 0 Å². The van der Waals surface area contributed by atoms with Crippen molar-refractivity contribution in [3.05, 3.63) is 0 Å². The summed E-state index contributed by atoms with van der Waals surface area (Å²) in [5.41, 5.74) is 5.53. The van der Waals surface area contributed by atoms with Crippen LogP contribution in [-0.4, -0.2) is 18.5 Å². The lowest BCUT2D eigenvalue weighted by Crippen LogP contribution is -2.43. The average Bonchev–Trinajstić information content (AvgIpc) is 2.19. The summed E-state index contributed by atoms with van der Waals surface area (Å²) in [6.45, 7) is 11.6. The summed E-state index contributed by atoms with van der Waals surface area (Å²) in [5, 5.41) is 3.15. The van der Waals surface area contributed by atoms with E-state index < -0.39 is 0 Å². The summed E-state index contributed by atoms with van der Waals surface area (Å²) >= 11 is 0. The predicted molar refractivity (Wildman–Crippen MR) is 73.7 cm³/mol. The summed E-state index contributed by atoms with van der Waals surface area (Å²) in [6.07, 6.45) is 3.52. The highest BCUT2D eigenvalue weighted by molar-refractivity contribution is 5.76. The summed E-state index contributed by atoms with van der Waals surface area (Å²) in [4.78, 5) is 11.7. The molecule has 3 nitrogen and oxygen atoms in total. The number of nitrogens with two attached hydrogens (primary N) is 1. The topological polar surface area (TPSA) is 55.1 Å². The van der Waals surface area contributed by atoms with Crippen molar-refractivity contribution < 1.29 is 4.79 Å². The molecule has 0 aromatic rings. The molecule has 0 spiro atoms. The quantitative estimate of drug-likeness (QED) is 0.721. The van der Waals surface area contributed by atoms with Crippen molar-refractivity contribution in [3.63, 3.8) is 0 Å². The van der Waals surface area contributed by atoms with Crippen molar-refractivity contribution in [1.29, 1.82) is 0 Å². The Balaban J connectivity index is 4.24. The maximum Gasteiger partial charge on any atom is 0.220 e. The van der Waals surface area contributed by atoms with Gasteiger partial charge >= 0.3 is 0 Å². The Morgan fingerprint density at radius 3 is 2.24 bits per heavy atom. The van der Waals surface area contributed by atoms with Crippen molar-refractivity contribution in [2.75, 3.05) is 6.54 Å². The van der Waals surface area contributed by atoms with E-state index in [-0.39, 0.29) is 17.4 Å². The number of rotatable bonds is 7. The Kier molecular flexibility index (Phi) is 7.44. The molecule has 17 heavy (non-hydrogen) atoms. The SMILES string of the molecule is CC(C)CCC(NC(=O)CCCN)C(C)(C)C. The van der Waals surface area contributed by atoms with Crippen molar-refractivity contribution >= 4 is 5.91 Å². The van der Waals surface area contributed by atoms with Crippen LogP contribution < -0.4 is 11.1 Å². The Bertz CT molecular complexity index is 219. The Morgan fingerprint density at radius 1 is 1.24 bits per heavy atom. The summed E-state index contributed by atoms with van der Waals surface area (Å²) < 4.78 is 0. The minimum absolute atomic E-state index is 0.118. The highest BCUT2D eigenvalue weighted by atomic mass is 16.1. The fourth-order valence-corrected chi connectivity index (χ4v) is 1.75. The van der Waals surface area contributed by atoms with Crippen LogP contribution >= 0.6 is 0 Å². The van der Waals surface area contributed by atoms with Gasteiger partial charge in [-0.05, 0) is 37.1 Å². The summed E-state index contributed by atoms with van der Waals surface area (Å²) in [6, 6.07) is 0.259. The van der Waals surface area contributed by atoms with Gasteiger partial charge in [-0.15, -0.1) is 0 Å². The number of hydrogen-bond donors (Lipinski definition) is 2. The molecule has 3 heteroatoms. The van der Waals surface area contributed by atoms with Crippen molar-refractivity contribution in [2.24, 2.45) is 17.1 Å².